The van der Waals surface area contributed by atoms with E-state index >= 15 is 0 Å². The van der Waals surface area contributed by atoms with E-state index in [1.807, 2.05) is 20.8 Å². The van der Waals surface area contributed by atoms with Gasteiger partial charge in [0.25, 0.3) is 5.69 Å². The van der Waals surface area contributed by atoms with Crippen molar-refractivity contribution < 1.29 is 14.5 Å². The van der Waals surface area contributed by atoms with Gasteiger partial charge in [0.15, 0.2) is 0 Å². The molecule has 0 bridgehead atoms. The molecule has 1 fully saturated rings. The summed E-state index contributed by atoms with van der Waals surface area (Å²) in [6, 6.07) is 4.76. The van der Waals surface area contributed by atoms with Crippen LogP contribution in [0, 0.1) is 16.0 Å². The van der Waals surface area contributed by atoms with Crippen LogP contribution in [0.2, 0.25) is 0 Å². The number of morpholine rings is 1. The fourth-order valence-corrected chi connectivity index (χ4v) is 3.16. The number of benzene rings is 1. The highest BCUT2D eigenvalue weighted by atomic mass is 16.6. The smallest absolute Gasteiger partial charge is 0.292 e. The number of nitrogens with two attached hydrogens (primary N) is 1. The Morgan fingerprint density at radius 3 is 2.56 bits per heavy atom. The maximum absolute atomic E-state index is 12.6. The van der Waals surface area contributed by atoms with Crippen LogP contribution in [0.15, 0.2) is 18.2 Å². The molecule has 1 aromatic carbocycles. The normalized spacial score (nSPS) is 19.2. The summed E-state index contributed by atoms with van der Waals surface area (Å²) < 4.78 is 5.33. The molecule has 1 saturated heterocycles. The maximum atomic E-state index is 12.6. The molecular formula is C18H27N3O4. The second-order valence-electron chi connectivity index (χ2n) is 6.84. The zero-order chi connectivity index (χ0) is 18.6. The van der Waals surface area contributed by atoms with E-state index in [-0.39, 0.29) is 35.0 Å². The van der Waals surface area contributed by atoms with E-state index in [9.17, 15) is 14.9 Å². The number of hydrogen-bond donors (Lipinski definition) is 1. The van der Waals surface area contributed by atoms with Crippen molar-refractivity contribution in [2.24, 2.45) is 5.92 Å². The third-order valence-corrected chi connectivity index (χ3v) is 5.21. The van der Waals surface area contributed by atoms with Crippen LogP contribution in [0.3, 0.4) is 0 Å². The van der Waals surface area contributed by atoms with Crippen LogP contribution in [-0.4, -0.2) is 48.0 Å². The van der Waals surface area contributed by atoms with Crippen LogP contribution < -0.4 is 5.73 Å². The molecule has 7 nitrogen and oxygen atoms in total. The van der Waals surface area contributed by atoms with E-state index < -0.39 is 4.92 Å². The van der Waals surface area contributed by atoms with Crippen molar-refractivity contribution in [1.29, 1.82) is 0 Å². The second kappa shape index (κ2) is 8.40. The van der Waals surface area contributed by atoms with Crippen LogP contribution in [0.5, 0.6) is 0 Å². The molecule has 1 aliphatic heterocycles. The summed E-state index contributed by atoms with van der Waals surface area (Å²) >= 11 is 0. The van der Waals surface area contributed by atoms with Crippen molar-refractivity contribution in [1.82, 2.24) is 4.90 Å². The average Bonchev–Trinajstić information content (AvgIpc) is 2.61. The van der Waals surface area contributed by atoms with E-state index in [4.69, 9.17) is 10.5 Å². The molecular weight excluding hydrogens is 322 g/mol. The molecule has 0 radical (unpaired) electrons. The van der Waals surface area contributed by atoms with Gasteiger partial charge in [0.05, 0.1) is 24.2 Å². The Hall–Kier alpha value is -1.99. The number of Topliss-reactive ketones (excluding diaryl/α,β-unsaturated/α-hetero) is 1. The summed E-state index contributed by atoms with van der Waals surface area (Å²) in [5.41, 5.74) is 6.57. The van der Waals surface area contributed by atoms with Crippen LogP contribution in [-0.2, 0) is 9.53 Å². The Balaban J connectivity index is 2.01. The van der Waals surface area contributed by atoms with Crippen LogP contribution in [0.25, 0.3) is 0 Å². The molecule has 0 amide bonds. The van der Waals surface area contributed by atoms with Gasteiger partial charge in [-0.15, -0.1) is 0 Å². The zero-order valence-electron chi connectivity index (χ0n) is 15.1. The fraction of sp³-hybridized carbons (Fsp3) is 0.611. The molecule has 0 spiro atoms. The predicted molar refractivity (Wildman–Crippen MR) is 96.6 cm³/mol. The van der Waals surface area contributed by atoms with Crippen molar-refractivity contribution >= 4 is 17.2 Å². The lowest BCUT2D eigenvalue weighted by molar-refractivity contribution is -0.384. The van der Waals surface area contributed by atoms with Crippen molar-refractivity contribution in [3.05, 3.63) is 33.9 Å². The maximum Gasteiger partial charge on any atom is 0.292 e. The minimum absolute atomic E-state index is 0.0279. The molecule has 138 valence electrons. The first-order chi connectivity index (χ1) is 11.8. The third-order valence-electron chi connectivity index (χ3n) is 5.21. The topological polar surface area (TPSA) is 98.7 Å². The van der Waals surface area contributed by atoms with E-state index in [0.29, 0.717) is 19.6 Å². The van der Waals surface area contributed by atoms with Crippen LogP contribution >= 0.6 is 0 Å². The number of nitro benzene ring substituents is 1. The van der Waals surface area contributed by atoms with E-state index in [0.717, 1.165) is 18.7 Å². The van der Waals surface area contributed by atoms with Gasteiger partial charge in [-0.3, -0.25) is 19.8 Å². The number of ketones is 1. The molecule has 1 aliphatic rings. The van der Waals surface area contributed by atoms with Gasteiger partial charge in [-0.05, 0) is 30.4 Å². The van der Waals surface area contributed by atoms with Gasteiger partial charge in [-0.1, -0.05) is 19.9 Å². The van der Waals surface area contributed by atoms with Crippen LogP contribution in [0.4, 0.5) is 11.4 Å². The number of ether oxygens (including phenoxy) is 1. The third kappa shape index (κ3) is 4.76. The molecule has 0 aromatic heterocycles. The summed E-state index contributed by atoms with van der Waals surface area (Å²) in [5, 5.41) is 11.1. The first kappa shape index (κ1) is 19.3. The molecule has 1 aromatic rings. The Kier molecular flexibility index (Phi) is 6.50. The molecule has 1 heterocycles. The average molecular weight is 349 g/mol. The minimum atomic E-state index is -0.470. The van der Waals surface area contributed by atoms with E-state index in [1.165, 1.54) is 6.07 Å². The van der Waals surface area contributed by atoms with Gasteiger partial charge in [-0.25, -0.2) is 0 Å². The second-order valence-corrected chi connectivity index (χ2v) is 6.84. The van der Waals surface area contributed by atoms with Gasteiger partial charge in [0.1, 0.15) is 11.5 Å². The van der Waals surface area contributed by atoms with Gasteiger partial charge >= 0.3 is 0 Å². The Morgan fingerprint density at radius 1 is 1.32 bits per heavy atom. The lowest BCUT2D eigenvalue weighted by Crippen LogP contribution is -2.46. The first-order valence-electron chi connectivity index (χ1n) is 8.69. The highest BCUT2D eigenvalue weighted by Crippen LogP contribution is 2.32. The summed E-state index contributed by atoms with van der Waals surface area (Å²) in [7, 11) is 0. The number of carbonyl (C=O) groups excluding carboxylic acids is 1. The first-order valence-corrected chi connectivity index (χ1v) is 8.69. The number of carbonyl (C=O) groups is 1. The van der Waals surface area contributed by atoms with Crippen molar-refractivity contribution in [2.75, 3.05) is 32.0 Å². The monoisotopic (exact) mass is 349 g/mol. The Morgan fingerprint density at radius 2 is 1.96 bits per heavy atom. The number of nitrogen functional groups attached to an aromatic ring is 1. The Bertz CT molecular complexity index is 629. The molecule has 3 atom stereocenters. The van der Waals surface area contributed by atoms with Gasteiger partial charge in [0.2, 0.25) is 0 Å². The fourth-order valence-electron chi connectivity index (χ4n) is 3.16. The molecule has 7 heteroatoms. The minimum Gasteiger partial charge on any atom is -0.393 e. The number of rotatable bonds is 7. The highest BCUT2D eigenvalue weighted by molar-refractivity contribution is 5.83. The summed E-state index contributed by atoms with van der Waals surface area (Å²) in [5.74, 6) is 0.311. The van der Waals surface area contributed by atoms with Crippen LogP contribution in [0.1, 0.15) is 38.7 Å². The quantitative estimate of drug-likeness (QED) is 0.461. The van der Waals surface area contributed by atoms with Crippen molar-refractivity contribution in [3.8, 4) is 0 Å². The Labute approximate surface area is 148 Å². The molecule has 0 aliphatic carbocycles. The lowest BCUT2D eigenvalue weighted by Gasteiger charge is -2.32. The SMILES string of the molecule is CC(CC(=O)[C@H](C)N1CCOCC1)C(C)c1ccc(N)c([N+](=O)[O-])c1. The standard InChI is InChI=1S/C18H27N3O4/c1-12(10-18(22)14(3)20-6-8-25-9-7-20)13(2)15-4-5-16(19)17(11-15)21(23)24/h4-5,11-14H,6-10,19H2,1-3H3/t12?,13?,14-/m0/s1. The molecule has 2 rings (SSSR count). The van der Waals surface area contributed by atoms with Gasteiger partial charge in [0, 0.05) is 25.6 Å². The largest absolute Gasteiger partial charge is 0.393 e. The number of anilines is 1. The zero-order valence-corrected chi connectivity index (χ0v) is 15.1. The molecule has 2 N–H and O–H groups in total. The predicted octanol–water partition coefficient (Wildman–Crippen LogP) is 2.60. The molecule has 2 unspecified atom stereocenters. The highest BCUT2D eigenvalue weighted by Gasteiger charge is 2.27. The van der Waals surface area contributed by atoms with Gasteiger partial charge < -0.3 is 10.5 Å². The summed E-state index contributed by atoms with van der Waals surface area (Å²) in [4.78, 5) is 25.4. The molecule has 25 heavy (non-hydrogen) atoms. The summed E-state index contributed by atoms with van der Waals surface area (Å²) in [6.07, 6.45) is 0.442. The number of nitro groups is 1. The molecule has 0 saturated carbocycles. The summed E-state index contributed by atoms with van der Waals surface area (Å²) in [6.45, 7) is 8.84. The van der Waals surface area contributed by atoms with E-state index in [2.05, 4.69) is 4.90 Å². The number of hydrogen-bond acceptors (Lipinski definition) is 6. The lowest BCUT2D eigenvalue weighted by atomic mass is 9.84. The van der Waals surface area contributed by atoms with Crippen molar-refractivity contribution in [3.63, 3.8) is 0 Å². The van der Waals surface area contributed by atoms with Crippen molar-refractivity contribution in [2.45, 2.75) is 39.2 Å². The number of nitrogens with zero attached hydrogens (tertiary/aromatic N) is 2. The van der Waals surface area contributed by atoms with E-state index in [1.54, 1.807) is 12.1 Å². The van der Waals surface area contributed by atoms with Gasteiger partial charge in [-0.2, -0.15) is 0 Å².